The number of ether oxygens (including phenoxy) is 1. The number of aryl methyl sites for hydroxylation is 2. The number of aromatic nitrogens is 1. The predicted octanol–water partition coefficient (Wildman–Crippen LogP) is 4.89. The zero-order valence-corrected chi connectivity index (χ0v) is 27.3. The summed E-state index contributed by atoms with van der Waals surface area (Å²) in [5.41, 5.74) is 1.12. The molecule has 0 unspecified atom stereocenters. The number of nitrogens with one attached hydrogen (secondary N) is 1. The second-order valence-electron chi connectivity index (χ2n) is 12.1. The van der Waals surface area contributed by atoms with Crippen LogP contribution in [-0.2, 0) is 14.3 Å². The van der Waals surface area contributed by atoms with Crippen LogP contribution in [0.2, 0.25) is 0 Å². The highest BCUT2D eigenvalue weighted by atomic mass is 32.1. The van der Waals surface area contributed by atoms with Gasteiger partial charge in [0.15, 0.2) is 16.5 Å². The molecule has 1 aromatic heterocycles. The first-order chi connectivity index (χ1) is 22.4. The summed E-state index contributed by atoms with van der Waals surface area (Å²) in [6, 6.07) is 6.91. The molecule has 2 saturated heterocycles. The van der Waals surface area contributed by atoms with Gasteiger partial charge in [-0.1, -0.05) is 18.2 Å². The monoisotopic (exact) mass is 663 g/mol. The molecule has 3 aliphatic heterocycles. The van der Waals surface area contributed by atoms with Crippen molar-refractivity contribution in [1.29, 1.82) is 0 Å². The van der Waals surface area contributed by atoms with E-state index in [1.165, 1.54) is 28.4 Å². The summed E-state index contributed by atoms with van der Waals surface area (Å²) in [4.78, 5) is 51.5. The number of fused-ring (bicyclic) bond motifs is 1. The predicted molar refractivity (Wildman–Crippen MR) is 173 cm³/mol. The molecule has 0 spiro atoms. The number of aliphatic imine (C=N–C) groups is 1. The summed E-state index contributed by atoms with van der Waals surface area (Å²) in [6.45, 7) is 7.57. The Hall–Kier alpha value is -4.49. The number of halogens is 2. The van der Waals surface area contributed by atoms with Crippen LogP contribution in [0.4, 0.5) is 14.5 Å². The first kappa shape index (κ1) is 32.5. The Morgan fingerprint density at radius 2 is 1.98 bits per heavy atom. The maximum atomic E-state index is 16.5. The quantitative estimate of drug-likeness (QED) is 0.327. The van der Waals surface area contributed by atoms with Crippen LogP contribution in [-0.4, -0.2) is 77.1 Å². The second kappa shape index (κ2) is 12.6. The van der Waals surface area contributed by atoms with Gasteiger partial charge in [-0.25, -0.2) is 23.4 Å². The van der Waals surface area contributed by atoms with Crippen LogP contribution < -0.4 is 10.2 Å². The van der Waals surface area contributed by atoms with Crippen molar-refractivity contribution in [2.24, 2.45) is 10.9 Å². The lowest BCUT2D eigenvalue weighted by molar-refractivity contribution is -0.139. The molecule has 0 saturated carbocycles. The van der Waals surface area contributed by atoms with Gasteiger partial charge in [0.1, 0.15) is 11.9 Å². The van der Waals surface area contributed by atoms with E-state index in [4.69, 9.17) is 9.73 Å². The number of hydrogen-bond acceptors (Lipinski definition) is 9. The van der Waals surface area contributed by atoms with Crippen LogP contribution in [0.3, 0.4) is 0 Å². The molecule has 2 N–H and O–H groups in total. The Morgan fingerprint density at radius 3 is 2.68 bits per heavy atom. The van der Waals surface area contributed by atoms with Crippen molar-refractivity contribution in [3.05, 3.63) is 91.8 Å². The van der Waals surface area contributed by atoms with Crippen LogP contribution in [0.5, 0.6) is 0 Å². The van der Waals surface area contributed by atoms with Gasteiger partial charge in [0.05, 0.1) is 17.7 Å². The number of carboxylic acid groups (broad SMARTS) is 1. The van der Waals surface area contributed by atoms with E-state index >= 15 is 4.39 Å². The van der Waals surface area contributed by atoms with E-state index in [0.717, 1.165) is 0 Å². The maximum Gasteiger partial charge on any atom is 0.338 e. The fourth-order valence-corrected chi connectivity index (χ4v) is 7.37. The van der Waals surface area contributed by atoms with Crippen LogP contribution in [0.1, 0.15) is 57.0 Å². The normalized spacial score (nSPS) is 23.0. The van der Waals surface area contributed by atoms with E-state index in [1.54, 1.807) is 57.5 Å². The van der Waals surface area contributed by atoms with Crippen LogP contribution in [0.15, 0.2) is 58.2 Å². The molecule has 10 nitrogen and oxygen atoms in total. The van der Waals surface area contributed by atoms with Crippen molar-refractivity contribution < 1.29 is 33.0 Å². The first-order valence-electron chi connectivity index (χ1n) is 15.4. The Kier molecular flexibility index (Phi) is 8.70. The van der Waals surface area contributed by atoms with Gasteiger partial charge < -0.3 is 20.1 Å². The average Bonchev–Trinajstić information content (AvgIpc) is 3.65. The summed E-state index contributed by atoms with van der Waals surface area (Å²) in [7, 11) is 0. The zero-order valence-electron chi connectivity index (χ0n) is 26.5. The van der Waals surface area contributed by atoms with Crippen molar-refractivity contribution in [3.63, 3.8) is 0 Å². The van der Waals surface area contributed by atoms with Gasteiger partial charge in [-0.05, 0) is 62.1 Å². The summed E-state index contributed by atoms with van der Waals surface area (Å²) in [5, 5.41) is 15.3. The number of amides is 1. The SMILES string of the molecule is CCOC(=O)C1=C(CN2CC[C@]3(F)C(=O)N(c4cc(C(=O)O)c(C)cc4C)C[C@@H]3C2)NC(c2nccs2)=N[C@H]1c1cccc(F)c1C. The lowest BCUT2D eigenvalue weighted by atomic mass is 9.84. The van der Waals surface area contributed by atoms with Gasteiger partial charge >= 0.3 is 11.9 Å². The number of esters is 1. The molecule has 13 heteroatoms. The van der Waals surface area contributed by atoms with Gasteiger partial charge in [0, 0.05) is 61.5 Å². The minimum atomic E-state index is -2.12. The average molecular weight is 664 g/mol. The molecular formula is C34H35F2N5O5S. The van der Waals surface area contributed by atoms with Crippen molar-refractivity contribution in [2.75, 3.05) is 37.7 Å². The van der Waals surface area contributed by atoms with Gasteiger partial charge in [0.25, 0.3) is 5.91 Å². The number of piperidine rings is 1. The van der Waals surface area contributed by atoms with Crippen LogP contribution >= 0.6 is 11.3 Å². The van der Waals surface area contributed by atoms with E-state index in [0.29, 0.717) is 44.5 Å². The molecule has 47 heavy (non-hydrogen) atoms. The van der Waals surface area contributed by atoms with Crippen molar-refractivity contribution in [1.82, 2.24) is 15.2 Å². The number of benzene rings is 2. The highest BCUT2D eigenvalue weighted by Gasteiger charge is 2.57. The largest absolute Gasteiger partial charge is 0.478 e. The molecule has 6 rings (SSSR count). The van der Waals surface area contributed by atoms with E-state index in [-0.39, 0.29) is 50.3 Å². The lowest BCUT2D eigenvalue weighted by Crippen LogP contribution is -2.52. The van der Waals surface area contributed by atoms with E-state index in [9.17, 15) is 23.9 Å². The molecule has 2 fully saturated rings. The number of aromatic carboxylic acids is 1. The number of hydrogen-bond donors (Lipinski definition) is 2. The fourth-order valence-electron chi connectivity index (χ4n) is 6.79. The van der Waals surface area contributed by atoms with Crippen LogP contribution in [0, 0.1) is 32.5 Å². The number of carboxylic acids is 1. The van der Waals surface area contributed by atoms with Crippen LogP contribution in [0.25, 0.3) is 0 Å². The number of carbonyl (C=O) groups excluding carboxylic acids is 2. The van der Waals surface area contributed by atoms with Crippen molar-refractivity contribution >= 4 is 40.7 Å². The molecule has 246 valence electrons. The Balaban J connectivity index is 1.34. The maximum absolute atomic E-state index is 16.5. The second-order valence-corrected chi connectivity index (χ2v) is 13.0. The fraction of sp³-hybridized carbons (Fsp3) is 0.382. The molecule has 0 aliphatic carbocycles. The molecule has 3 aliphatic rings. The third kappa shape index (κ3) is 5.82. The van der Waals surface area contributed by atoms with Gasteiger partial charge in [-0.2, -0.15) is 0 Å². The highest BCUT2D eigenvalue weighted by molar-refractivity contribution is 7.11. The Bertz CT molecular complexity index is 1830. The molecule has 3 aromatic rings. The molecule has 1 amide bonds. The smallest absolute Gasteiger partial charge is 0.338 e. The number of anilines is 1. The molecule has 2 aromatic carbocycles. The number of likely N-dealkylation sites (tertiary alicyclic amines) is 1. The third-order valence-electron chi connectivity index (χ3n) is 9.23. The van der Waals surface area contributed by atoms with Gasteiger partial charge in [-0.3, -0.25) is 14.7 Å². The summed E-state index contributed by atoms with van der Waals surface area (Å²) < 4.78 is 36.8. The Morgan fingerprint density at radius 1 is 1.19 bits per heavy atom. The lowest BCUT2D eigenvalue weighted by Gasteiger charge is -2.38. The van der Waals surface area contributed by atoms with E-state index in [2.05, 4.69) is 10.3 Å². The summed E-state index contributed by atoms with van der Waals surface area (Å²) >= 11 is 1.36. The minimum absolute atomic E-state index is 0.0606. The van der Waals surface area contributed by atoms with Gasteiger partial charge in [-0.15, -0.1) is 11.3 Å². The first-order valence-corrected chi connectivity index (χ1v) is 16.3. The number of thiazole rings is 1. The molecule has 0 radical (unpaired) electrons. The molecule has 4 heterocycles. The molecular weight excluding hydrogens is 628 g/mol. The minimum Gasteiger partial charge on any atom is -0.478 e. The van der Waals surface area contributed by atoms with Crippen molar-refractivity contribution in [2.45, 2.75) is 45.8 Å². The molecule has 0 bridgehead atoms. The van der Waals surface area contributed by atoms with Gasteiger partial charge in [0.2, 0.25) is 0 Å². The number of nitrogens with zero attached hydrogens (tertiary/aromatic N) is 4. The highest BCUT2D eigenvalue weighted by Crippen LogP contribution is 2.43. The summed E-state index contributed by atoms with van der Waals surface area (Å²) in [6.07, 6.45) is 1.56. The van der Waals surface area contributed by atoms with E-state index < -0.39 is 41.3 Å². The zero-order chi connectivity index (χ0) is 33.6. The third-order valence-corrected chi connectivity index (χ3v) is 10.0. The number of alkyl halides is 1. The number of amidine groups is 1. The Labute approximate surface area is 274 Å². The number of rotatable bonds is 8. The topological polar surface area (TPSA) is 124 Å². The van der Waals surface area contributed by atoms with Crippen molar-refractivity contribution in [3.8, 4) is 0 Å². The number of carbonyl (C=O) groups is 3. The molecule has 3 atom stereocenters. The summed E-state index contributed by atoms with van der Waals surface area (Å²) in [5.74, 6) is -3.11. The van der Waals surface area contributed by atoms with E-state index in [1.807, 2.05) is 4.90 Å². The standard InChI is InChI=1S/C34H35F2N5O5S/c1-5-46-32(44)27-25(38-29(30-37-10-12-47-30)39-28(27)22-7-6-8-24(35)20(22)4)17-40-11-9-34(36)21(15-40)16-41(33(34)45)26-14-23(31(42)43)18(2)13-19(26)3/h6-8,10,12-14,21,28H,5,9,11,15-17H2,1-4H3,(H,38,39)(H,42,43)/t21-,28-,34+/m0/s1.